The first-order valence-electron chi connectivity index (χ1n) is 15.0. The number of likely N-dealkylation sites (N-methyl/N-ethyl adjacent to an activating group) is 1. The molecule has 0 N–H and O–H groups in total. The number of carbonyl (C=O) groups is 1. The fourth-order valence-electron chi connectivity index (χ4n) is 6.73. The first-order chi connectivity index (χ1) is 20.4. The molecule has 6 rings (SSSR count). The molecule has 1 aromatic heterocycles. The number of rotatable bonds is 7. The molecule has 2 atom stereocenters. The fourth-order valence-corrected chi connectivity index (χ4v) is 6.73. The van der Waals surface area contributed by atoms with Crippen LogP contribution in [0, 0.1) is 11.3 Å². The Hall–Kier alpha value is -4.03. The summed E-state index contributed by atoms with van der Waals surface area (Å²) >= 11 is 0. The predicted octanol–water partition coefficient (Wildman–Crippen LogP) is 5.06. The SMILES string of the molecule is C=C(F)C(=O)N1CCN(c2nc(OC[C@@H]3CCCN3C)nc3cc(-c4cccc5c4CCCC5)ccc23)C[C@@H]1CC#N. The van der Waals surface area contributed by atoms with Crippen LogP contribution < -0.4 is 9.64 Å². The second-order valence-corrected chi connectivity index (χ2v) is 11.7. The molecular formula is C33H37FN6O2. The highest BCUT2D eigenvalue weighted by molar-refractivity contribution is 5.94. The molecule has 0 spiro atoms. The van der Waals surface area contributed by atoms with E-state index in [0.717, 1.165) is 48.7 Å². The Morgan fingerprint density at radius 1 is 1.12 bits per heavy atom. The van der Waals surface area contributed by atoms with Gasteiger partial charge in [-0.2, -0.15) is 15.2 Å². The van der Waals surface area contributed by atoms with Gasteiger partial charge in [0.25, 0.3) is 5.91 Å². The summed E-state index contributed by atoms with van der Waals surface area (Å²) < 4.78 is 20.0. The van der Waals surface area contributed by atoms with Gasteiger partial charge in [0.15, 0.2) is 5.83 Å². The van der Waals surface area contributed by atoms with Crippen molar-refractivity contribution in [1.29, 1.82) is 5.26 Å². The van der Waals surface area contributed by atoms with Crippen LogP contribution in [0.4, 0.5) is 10.2 Å². The molecule has 3 aliphatic rings. The number of nitrogens with zero attached hydrogens (tertiary/aromatic N) is 6. The number of fused-ring (bicyclic) bond motifs is 2. The van der Waals surface area contributed by atoms with Crippen molar-refractivity contribution in [2.45, 2.75) is 57.0 Å². The number of ether oxygens (including phenoxy) is 1. The zero-order valence-corrected chi connectivity index (χ0v) is 24.2. The van der Waals surface area contributed by atoms with E-state index >= 15 is 0 Å². The summed E-state index contributed by atoms with van der Waals surface area (Å²) in [6.45, 7) is 5.78. The second kappa shape index (κ2) is 12.1. The maximum Gasteiger partial charge on any atom is 0.319 e. The van der Waals surface area contributed by atoms with Crippen molar-refractivity contribution in [3.63, 3.8) is 0 Å². The molecule has 2 aliphatic heterocycles. The summed E-state index contributed by atoms with van der Waals surface area (Å²) in [6, 6.07) is 15.2. The van der Waals surface area contributed by atoms with Crippen LogP contribution in [0.5, 0.6) is 6.01 Å². The summed E-state index contributed by atoms with van der Waals surface area (Å²) in [7, 11) is 2.11. The lowest BCUT2D eigenvalue weighted by molar-refractivity contribution is -0.131. The molecule has 42 heavy (non-hydrogen) atoms. The lowest BCUT2D eigenvalue weighted by Crippen LogP contribution is -2.55. The first kappa shape index (κ1) is 28.1. The van der Waals surface area contributed by atoms with Crippen LogP contribution >= 0.6 is 0 Å². The summed E-state index contributed by atoms with van der Waals surface area (Å²) in [5, 5.41) is 10.3. The average molecular weight is 569 g/mol. The molecule has 0 saturated carbocycles. The predicted molar refractivity (Wildman–Crippen MR) is 161 cm³/mol. The van der Waals surface area contributed by atoms with E-state index in [2.05, 4.69) is 65.9 Å². The third kappa shape index (κ3) is 5.56. The number of nitriles is 1. The van der Waals surface area contributed by atoms with E-state index in [9.17, 15) is 14.4 Å². The van der Waals surface area contributed by atoms with Crippen molar-refractivity contribution < 1.29 is 13.9 Å². The molecule has 1 aliphatic carbocycles. The van der Waals surface area contributed by atoms with Gasteiger partial charge in [-0.3, -0.25) is 4.79 Å². The van der Waals surface area contributed by atoms with E-state index in [4.69, 9.17) is 14.7 Å². The van der Waals surface area contributed by atoms with Crippen molar-refractivity contribution in [2.75, 3.05) is 44.7 Å². The van der Waals surface area contributed by atoms with Gasteiger partial charge < -0.3 is 19.4 Å². The third-order valence-electron chi connectivity index (χ3n) is 9.04. The number of aryl methyl sites for hydroxylation is 1. The average Bonchev–Trinajstić information content (AvgIpc) is 3.43. The van der Waals surface area contributed by atoms with Gasteiger partial charge in [0.1, 0.15) is 12.4 Å². The number of hydrogen-bond acceptors (Lipinski definition) is 7. The summed E-state index contributed by atoms with van der Waals surface area (Å²) in [6.07, 6.45) is 6.93. The van der Waals surface area contributed by atoms with E-state index in [-0.39, 0.29) is 13.0 Å². The van der Waals surface area contributed by atoms with Gasteiger partial charge in [0.05, 0.1) is 24.0 Å². The zero-order valence-electron chi connectivity index (χ0n) is 24.2. The first-order valence-corrected chi connectivity index (χ1v) is 15.0. The smallest absolute Gasteiger partial charge is 0.319 e. The quantitative estimate of drug-likeness (QED) is 0.368. The van der Waals surface area contributed by atoms with Crippen LogP contribution in [0.25, 0.3) is 22.0 Å². The van der Waals surface area contributed by atoms with E-state index in [1.54, 1.807) is 0 Å². The van der Waals surface area contributed by atoms with Crippen LogP contribution in [0.2, 0.25) is 0 Å². The Bertz CT molecular complexity index is 1550. The van der Waals surface area contributed by atoms with Gasteiger partial charge >= 0.3 is 6.01 Å². The van der Waals surface area contributed by atoms with Crippen molar-refractivity contribution in [2.24, 2.45) is 0 Å². The summed E-state index contributed by atoms with van der Waals surface area (Å²) in [5.74, 6) is -1.07. The molecule has 9 heteroatoms. The number of aromatic nitrogens is 2. The van der Waals surface area contributed by atoms with Crippen molar-refractivity contribution in [1.82, 2.24) is 19.8 Å². The van der Waals surface area contributed by atoms with Crippen LogP contribution in [-0.2, 0) is 17.6 Å². The number of anilines is 1. The van der Waals surface area contributed by atoms with Crippen LogP contribution in [-0.4, -0.2) is 77.6 Å². The molecule has 0 bridgehead atoms. The molecule has 1 amide bonds. The normalized spacial score (nSPS) is 20.8. The molecule has 8 nitrogen and oxygen atoms in total. The summed E-state index contributed by atoms with van der Waals surface area (Å²) in [4.78, 5) is 28.0. The standard InChI is InChI=1S/C33H37FN6O2/c1-22(34)32(41)40-18-17-39(20-25(40)14-15-35)31-29-13-12-24(28-11-5-8-23-7-3-4-10-27(23)28)19-30(29)36-33(37-31)42-21-26-9-6-16-38(26)2/h5,8,11-13,19,25-26H,1,3-4,6-7,9-10,14,16-18,20-21H2,2H3/t25-,26-/m0/s1. The molecule has 0 radical (unpaired) electrons. The molecule has 3 aromatic rings. The van der Waals surface area contributed by atoms with Crippen LogP contribution in [0.3, 0.4) is 0 Å². The lowest BCUT2D eigenvalue weighted by atomic mass is 9.86. The molecule has 2 aromatic carbocycles. The minimum atomic E-state index is -1.01. The zero-order chi connectivity index (χ0) is 29.2. The fraction of sp³-hybridized carbons (Fsp3) is 0.455. The Balaban J connectivity index is 1.38. The van der Waals surface area contributed by atoms with Crippen molar-refractivity contribution >= 4 is 22.6 Å². The molecule has 2 fully saturated rings. The largest absolute Gasteiger partial charge is 0.462 e. The van der Waals surface area contributed by atoms with E-state index in [1.165, 1.54) is 34.4 Å². The highest BCUT2D eigenvalue weighted by Crippen LogP contribution is 2.36. The van der Waals surface area contributed by atoms with Gasteiger partial charge in [0.2, 0.25) is 0 Å². The number of amides is 1. The maximum absolute atomic E-state index is 13.8. The Morgan fingerprint density at radius 3 is 2.76 bits per heavy atom. The van der Waals surface area contributed by atoms with Crippen molar-refractivity contribution in [3.8, 4) is 23.2 Å². The topological polar surface area (TPSA) is 85.6 Å². The maximum atomic E-state index is 13.8. The Labute approximate surface area is 246 Å². The number of carbonyl (C=O) groups excluding carboxylic acids is 1. The number of hydrogen-bond donors (Lipinski definition) is 0. The number of benzene rings is 2. The van der Waals surface area contributed by atoms with Gasteiger partial charge in [-0.15, -0.1) is 0 Å². The minimum absolute atomic E-state index is 0.0825. The van der Waals surface area contributed by atoms with Gasteiger partial charge in [0, 0.05) is 31.1 Å². The Kier molecular flexibility index (Phi) is 8.07. The van der Waals surface area contributed by atoms with Crippen molar-refractivity contribution in [3.05, 3.63) is 59.9 Å². The highest BCUT2D eigenvalue weighted by atomic mass is 19.1. The van der Waals surface area contributed by atoms with Gasteiger partial charge in [-0.25, -0.2) is 4.39 Å². The van der Waals surface area contributed by atoms with Crippen LogP contribution in [0.1, 0.15) is 43.2 Å². The van der Waals surface area contributed by atoms with Gasteiger partial charge in [-0.05, 0) is 86.5 Å². The number of piperazine rings is 1. The molecular weight excluding hydrogens is 531 g/mol. The second-order valence-electron chi connectivity index (χ2n) is 11.7. The highest BCUT2D eigenvalue weighted by Gasteiger charge is 2.33. The molecule has 0 unspecified atom stereocenters. The molecule has 218 valence electrons. The van der Waals surface area contributed by atoms with Crippen LogP contribution in [0.15, 0.2) is 48.8 Å². The monoisotopic (exact) mass is 568 g/mol. The number of halogens is 1. The molecule has 2 saturated heterocycles. The van der Waals surface area contributed by atoms with Gasteiger partial charge in [-0.1, -0.05) is 30.8 Å². The minimum Gasteiger partial charge on any atom is -0.462 e. The third-order valence-corrected chi connectivity index (χ3v) is 9.04. The molecule has 3 heterocycles. The Morgan fingerprint density at radius 2 is 1.98 bits per heavy atom. The van der Waals surface area contributed by atoms with E-state index < -0.39 is 17.8 Å². The number of likely N-dealkylation sites (tertiary alicyclic amines) is 1. The van der Waals surface area contributed by atoms with E-state index in [0.29, 0.717) is 37.6 Å². The lowest BCUT2D eigenvalue weighted by Gasteiger charge is -2.41. The summed E-state index contributed by atoms with van der Waals surface area (Å²) in [5.41, 5.74) is 6.00. The van der Waals surface area contributed by atoms with E-state index in [1.807, 2.05) is 0 Å².